The molecule has 20 heavy (non-hydrogen) atoms. The van der Waals surface area contributed by atoms with Crippen molar-refractivity contribution in [1.82, 2.24) is 4.98 Å². The van der Waals surface area contributed by atoms with Crippen LogP contribution in [-0.4, -0.2) is 17.9 Å². The van der Waals surface area contributed by atoms with Crippen molar-refractivity contribution in [3.05, 3.63) is 52.3 Å². The Kier molecular flexibility index (Phi) is 4.74. The maximum Gasteiger partial charge on any atom is 0.159 e. The SMILES string of the molecule is COc1ccnc(COc2ccc(C(C)=O)cc2Br)c1. The highest BCUT2D eigenvalue weighted by atomic mass is 79.9. The molecule has 0 spiro atoms. The van der Waals surface area contributed by atoms with Crippen molar-refractivity contribution in [2.75, 3.05) is 7.11 Å². The molecule has 0 saturated carbocycles. The van der Waals surface area contributed by atoms with Crippen LogP contribution in [0.2, 0.25) is 0 Å². The fourth-order valence-corrected chi connectivity index (χ4v) is 2.14. The van der Waals surface area contributed by atoms with E-state index in [0.29, 0.717) is 17.9 Å². The van der Waals surface area contributed by atoms with Crippen LogP contribution in [0, 0.1) is 0 Å². The molecule has 1 aromatic heterocycles. The summed E-state index contributed by atoms with van der Waals surface area (Å²) in [4.78, 5) is 15.5. The summed E-state index contributed by atoms with van der Waals surface area (Å²) >= 11 is 3.39. The zero-order chi connectivity index (χ0) is 14.5. The molecule has 2 aromatic rings. The van der Waals surface area contributed by atoms with Gasteiger partial charge in [0.1, 0.15) is 18.1 Å². The quantitative estimate of drug-likeness (QED) is 0.783. The van der Waals surface area contributed by atoms with Gasteiger partial charge < -0.3 is 9.47 Å². The van der Waals surface area contributed by atoms with E-state index in [-0.39, 0.29) is 5.78 Å². The normalized spacial score (nSPS) is 10.2. The van der Waals surface area contributed by atoms with Crippen molar-refractivity contribution in [1.29, 1.82) is 0 Å². The summed E-state index contributed by atoms with van der Waals surface area (Å²) in [6, 6.07) is 8.85. The van der Waals surface area contributed by atoms with Gasteiger partial charge in [-0.3, -0.25) is 9.78 Å². The number of halogens is 1. The number of hydrogen-bond donors (Lipinski definition) is 0. The Hall–Kier alpha value is -1.88. The molecule has 5 heteroatoms. The molecule has 0 saturated heterocycles. The monoisotopic (exact) mass is 335 g/mol. The van der Waals surface area contributed by atoms with Gasteiger partial charge in [0.25, 0.3) is 0 Å². The maximum absolute atomic E-state index is 11.3. The average molecular weight is 336 g/mol. The van der Waals surface area contributed by atoms with E-state index in [0.717, 1.165) is 15.9 Å². The number of ketones is 1. The first-order valence-corrected chi connectivity index (χ1v) is 6.81. The van der Waals surface area contributed by atoms with Gasteiger partial charge in [-0.25, -0.2) is 0 Å². The molecule has 0 aliphatic carbocycles. The number of Topliss-reactive ketones (excluding diaryl/α,β-unsaturated/α-hetero) is 1. The molecule has 0 bridgehead atoms. The van der Waals surface area contributed by atoms with Crippen LogP contribution in [0.25, 0.3) is 0 Å². The van der Waals surface area contributed by atoms with Crippen molar-refractivity contribution >= 4 is 21.7 Å². The highest BCUT2D eigenvalue weighted by Gasteiger charge is 2.06. The van der Waals surface area contributed by atoms with Gasteiger partial charge in [0, 0.05) is 17.8 Å². The Morgan fingerprint density at radius 1 is 1.30 bits per heavy atom. The van der Waals surface area contributed by atoms with Gasteiger partial charge in [-0.1, -0.05) is 0 Å². The van der Waals surface area contributed by atoms with E-state index in [9.17, 15) is 4.79 Å². The van der Waals surface area contributed by atoms with E-state index < -0.39 is 0 Å². The molecule has 1 aromatic carbocycles. The van der Waals surface area contributed by atoms with E-state index in [1.54, 1.807) is 37.6 Å². The second-order valence-corrected chi connectivity index (χ2v) is 5.03. The van der Waals surface area contributed by atoms with E-state index in [2.05, 4.69) is 20.9 Å². The average Bonchev–Trinajstić information content (AvgIpc) is 2.46. The number of rotatable bonds is 5. The van der Waals surface area contributed by atoms with Gasteiger partial charge >= 0.3 is 0 Å². The Morgan fingerprint density at radius 2 is 2.10 bits per heavy atom. The summed E-state index contributed by atoms with van der Waals surface area (Å²) in [6.07, 6.45) is 1.67. The van der Waals surface area contributed by atoms with Gasteiger partial charge in [-0.2, -0.15) is 0 Å². The second kappa shape index (κ2) is 6.52. The minimum Gasteiger partial charge on any atom is -0.497 e. The van der Waals surface area contributed by atoms with E-state index in [1.807, 2.05) is 6.07 Å². The molecule has 4 nitrogen and oxygen atoms in total. The first-order chi connectivity index (χ1) is 9.60. The molecule has 0 atom stereocenters. The Labute approximate surface area is 125 Å². The molecule has 0 fully saturated rings. The zero-order valence-electron chi connectivity index (χ0n) is 11.2. The number of carbonyl (C=O) groups is 1. The summed E-state index contributed by atoms with van der Waals surface area (Å²) in [6.45, 7) is 1.86. The molecule has 104 valence electrons. The molecule has 1 heterocycles. The first kappa shape index (κ1) is 14.5. The minimum absolute atomic E-state index is 0.0201. The third-order valence-corrected chi connectivity index (χ3v) is 3.36. The molecule has 0 radical (unpaired) electrons. The lowest BCUT2D eigenvalue weighted by Crippen LogP contribution is -2.00. The first-order valence-electron chi connectivity index (χ1n) is 6.02. The predicted octanol–water partition coefficient (Wildman–Crippen LogP) is 3.63. The number of nitrogens with zero attached hydrogens (tertiary/aromatic N) is 1. The third-order valence-electron chi connectivity index (χ3n) is 2.74. The molecule has 0 amide bonds. The van der Waals surface area contributed by atoms with Crippen LogP contribution in [-0.2, 0) is 6.61 Å². The molecule has 0 N–H and O–H groups in total. The number of carbonyl (C=O) groups excluding carboxylic acids is 1. The summed E-state index contributed by atoms with van der Waals surface area (Å²) in [5.74, 6) is 1.43. The topological polar surface area (TPSA) is 48.4 Å². The summed E-state index contributed by atoms with van der Waals surface area (Å²) in [7, 11) is 1.61. The number of ether oxygens (including phenoxy) is 2. The van der Waals surface area contributed by atoms with Gasteiger partial charge in [0.2, 0.25) is 0 Å². The van der Waals surface area contributed by atoms with Crippen LogP contribution in [0.3, 0.4) is 0 Å². The molecule has 0 aliphatic heterocycles. The largest absolute Gasteiger partial charge is 0.497 e. The number of pyridine rings is 1. The minimum atomic E-state index is 0.0201. The maximum atomic E-state index is 11.3. The lowest BCUT2D eigenvalue weighted by molar-refractivity contribution is 0.101. The van der Waals surface area contributed by atoms with Crippen molar-refractivity contribution in [2.24, 2.45) is 0 Å². The van der Waals surface area contributed by atoms with Crippen LogP contribution >= 0.6 is 15.9 Å². The number of aromatic nitrogens is 1. The van der Waals surface area contributed by atoms with Crippen molar-refractivity contribution < 1.29 is 14.3 Å². The van der Waals surface area contributed by atoms with Crippen LogP contribution in [0.4, 0.5) is 0 Å². The number of benzene rings is 1. The predicted molar refractivity (Wildman–Crippen MR) is 79.3 cm³/mol. The fraction of sp³-hybridized carbons (Fsp3) is 0.200. The van der Waals surface area contributed by atoms with Gasteiger partial charge in [-0.05, 0) is 47.1 Å². The Morgan fingerprint density at radius 3 is 2.75 bits per heavy atom. The lowest BCUT2D eigenvalue weighted by Gasteiger charge is -2.09. The number of hydrogen-bond acceptors (Lipinski definition) is 4. The van der Waals surface area contributed by atoms with E-state index in [4.69, 9.17) is 9.47 Å². The molecule has 2 rings (SSSR count). The van der Waals surface area contributed by atoms with E-state index in [1.165, 1.54) is 6.92 Å². The third kappa shape index (κ3) is 3.57. The van der Waals surface area contributed by atoms with Crippen LogP contribution < -0.4 is 9.47 Å². The van der Waals surface area contributed by atoms with E-state index >= 15 is 0 Å². The lowest BCUT2D eigenvalue weighted by atomic mass is 10.1. The summed E-state index contributed by atoms with van der Waals surface area (Å²) in [5.41, 5.74) is 1.41. The van der Waals surface area contributed by atoms with Crippen LogP contribution in [0.15, 0.2) is 41.0 Å². The fourth-order valence-electron chi connectivity index (χ4n) is 1.65. The van der Waals surface area contributed by atoms with Gasteiger partial charge in [0.15, 0.2) is 5.78 Å². The summed E-state index contributed by atoms with van der Waals surface area (Å²) < 4.78 is 11.6. The standard InChI is InChI=1S/C15H14BrNO3/c1-10(18)11-3-4-15(14(16)7-11)20-9-12-8-13(19-2)5-6-17-12/h3-8H,9H2,1-2H3. The Balaban J connectivity index is 2.08. The van der Waals surface area contributed by atoms with Crippen LogP contribution in [0.1, 0.15) is 23.0 Å². The highest BCUT2D eigenvalue weighted by Crippen LogP contribution is 2.27. The van der Waals surface area contributed by atoms with Gasteiger partial charge in [0.05, 0.1) is 17.3 Å². The Bertz CT molecular complexity index is 628. The molecular formula is C15H14BrNO3. The van der Waals surface area contributed by atoms with Gasteiger partial charge in [-0.15, -0.1) is 0 Å². The second-order valence-electron chi connectivity index (χ2n) is 4.18. The summed E-state index contributed by atoms with van der Waals surface area (Å²) in [5, 5.41) is 0. The molecule has 0 aliphatic rings. The zero-order valence-corrected chi connectivity index (χ0v) is 12.8. The molecular weight excluding hydrogens is 322 g/mol. The van der Waals surface area contributed by atoms with Crippen LogP contribution in [0.5, 0.6) is 11.5 Å². The highest BCUT2D eigenvalue weighted by molar-refractivity contribution is 9.10. The molecule has 0 unspecified atom stereocenters. The van der Waals surface area contributed by atoms with Crippen molar-refractivity contribution in [2.45, 2.75) is 13.5 Å². The van der Waals surface area contributed by atoms with Crippen molar-refractivity contribution in [3.63, 3.8) is 0 Å². The smallest absolute Gasteiger partial charge is 0.159 e. The van der Waals surface area contributed by atoms with Crippen molar-refractivity contribution in [3.8, 4) is 11.5 Å². The number of methoxy groups -OCH3 is 1.